The van der Waals surface area contributed by atoms with Crippen LogP contribution in [0.15, 0.2) is 42.9 Å². The number of ether oxygens (including phenoxy) is 1. The second kappa shape index (κ2) is 8.24. The molecule has 1 aliphatic rings. The summed E-state index contributed by atoms with van der Waals surface area (Å²) in [5.41, 5.74) is -0.449. The first kappa shape index (κ1) is 18.9. The number of anilines is 1. The van der Waals surface area contributed by atoms with Crippen LogP contribution in [0.4, 0.5) is 23.7 Å². The molecule has 1 saturated carbocycles. The Morgan fingerprint density at radius 2 is 1.78 bits per heavy atom. The topological polar surface area (TPSA) is 76.1 Å². The van der Waals surface area contributed by atoms with Crippen molar-refractivity contribution < 1.29 is 22.7 Å². The first-order chi connectivity index (χ1) is 12.9. The Hall–Kier alpha value is -2.84. The van der Waals surface area contributed by atoms with E-state index in [0.29, 0.717) is 11.6 Å². The number of benzene rings is 1. The van der Waals surface area contributed by atoms with Crippen LogP contribution >= 0.6 is 0 Å². The highest BCUT2D eigenvalue weighted by Gasteiger charge is 2.30. The molecule has 3 rings (SSSR count). The number of hydrogen-bond donors (Lipinski definition) is 2. The normalized spacial score (nSPS) is 20.0. The van der Waals surface area contributed by atoms with Crippen LogP contribution < -0.4 is 15.4 Å². The third-order valence-electron chi connectivity index (χ3n) is 4.31. The van der Waals surface area contributed by atoms with Gasteiger partial charge in [0.1, 0.15) is 6.10 Å². The number of aromatic nitrogens is 2. The number of amides is 2. The maximum Gasteiger partial charge on any atom is 0.416 e. The minimum absolute atomic E-state index is 0.0128. The van der Waals surface area contributed by atoms with Crippen molar-refractivity contribution in [2.24, 2.45) is 0 Å². The SMILES string of the molecule is O=C(Nc1ccc(C(F)(F)F)cc1)NC1CCC(Oc2cnccn2)CC1. The fraction of sp³-hybridized carbons (Fsp3) is 0.389. The van der Waals surface area contributed by atoms with Gasteiger partial charge in [0.2, 0.25) is 5.88 Å². The molecule has 0 atom stereocenters. The fourth-order valence-corrected chi connectivity index (χ4v) is 2.94. The molecule has 1 aliphatic carbocycles. The summed E-state index contributed by atoms with van der Waals surface area (Å²) in [6.07, 6.45) is 3.34. The number of hydrogen-bond acceptors (Lipinski definition) is 4. The maximum absolute atomic E-state index is 12.5. The Labute approximate surface area is 154 Å². The number of halogens is 3. The smallest absolute Gasteiger partial charge is 0.416 e. The second-order valence-corrected chi connectivity index (χ2v) is 6.31. The van der Waals surface area contributed by atoms with Crippen molar-refractivity contribution in [3.63, 3.8) is 0 Å². The van der Waals surface area contributed by atoms with Crippen molar-refractivity contribution in [2.75, 3.05) is 5.32 Å². The van der Waals surface area contributed by atoms with Crippen LogP contribution in [0.2, 0.25) is 0 Å². The summed E-state index contributed by atoms with van der Waals surface area (Å²) in [4.78, 5) is 20.1. The lowest BCUT2D eigenvalue weighted by Gasteiger charge is -2.29. The molecule has 1 fully saturated rings. The van der Waals surface area contributed by atoms with E-state index in [4.69, 9.17) is 4.74 Å². The Balaban J connectivity index is 1.43. The Morgan fingerprint density at radius 1 is 1.07 bits per heavy atom. The highest BCUT2D eigenvalue weighted by atomic mass is 19.4. The lowest BCUT2D eigenvalue weighted by atomic mass is 9.93. The van der Waals surface area contributed by atoms with E-state index in [1.54, 1.807) is 18.6 Å². The number of carbonyl (C=O) groups excluding carboxylic acids is 1. The maximum atomic E-state index is 12.5. The molecule has 0 radical (unpaired) electrons. The van der Waals surface area contributed by atoms with Crippen molar-refractivity contribution in [1.82, 2.24) is 15.3 Å². The van der Waals surface area contributed by atoms with Crippen LogP contribution in [-0.4, -0.2) is 28.1 Å². The monoisotopic (exact) mass is 380 g/mol. The van der Waals surface area contributed by atoms with Gasteiger partial charge in [-0.25, -0.2) is 9.78 Å². The molecule has 1 aromatic carbocycles. The molecule has 0 aliphatic heterocycles. The van der Waals surface area contributed by atoms with Gasteiger partial charge in [0, 0.05) is 24.1 Å². The van der Waals surface area contributed by atoms with Gasteiger partial charge in [-0.2, -0.15) is 13.2 Å². The van der Waals surface area contributed by atoms with E-state index in [-0.39, 0.29) is 12.1 Å². The predicted octanol–water partition coefficient (Wildman–Crippen LogP) is 4.01. The molecule has 9 heteroatoms. The quantitative estimate of drug-likeness (QED) is 0.840. The molecule has 27 heavy (non-hydrogen) atoms. The zero-order valence-corrected chi connectivity index (χ0v) is 14.4. The number of rotatable bonds is 4. The highest BCUT2D eigenvalue weighted by Crippen LogP contribution is 2.29. The van der Waals surface area contributed by atoms with E-state index in [0.717, 1.165) is 37.8 Å². The molecule has 2 aromatic rings. The van der Waals surface area contributed by atoms with Gasteiger partial charge < -0.3 is 15.4 Å². The van der Waals surface area contributed by atoms with Gasteiger partial charge in [-0.05, 0) is 49.9 Å². The third kappa shape index (κ3) is 5.57. The van der Waals surface area contributed by atoms with Crippen LogP contribution in [-0.2, 0) is 6.18 Å². The highest BCUT2D eigenvalue weighted by molar-refractivity contribution is 5.89. The molecule has 6 nitrogen and oxygen atoms in total. The van der Waals surface area contributed by atoms with Crippen molar-refractivity contribution in [1.29, 1.82) is 0 Å². The number of carbonyl (C=O) groups is 1. The number of nitrogens with zero attached hydrogens (tertiary/aromatic N) is 2. The number of alkyl halides is 3. The summed E-state index contributed by atoms with van der Waals surface area (Å²) in [6.45, 7) is 0. The molecule has 2 amide bonds. The number of urea groups is 1. The van der Waals surface area contributed by atoms with Gasteiger partial charge in [0.15, 0.2) is 0 Å². The average Bonchev–Trinajstić information content (AvgIpc) is 2.64. The Morgan fingerprint density at radius 3 is 2.37 bits per heavy atom. The summed E-state index contributed by atoms with van der Waals surface area (Å²) in [7, 11) is 0. The average molecular weight is 380 g/mol. The standard InChI is InChI=1S/C18H19F3N4O2/c19-18(20,21)12-1-3-13(4-2-12)24-17(26)25-14-5-7-15(8-6-14)27-16-11-22-9-10-23-16/h1-4,9-11,14-15H,5-8H2,(H2,24,25,26). The molecule has 0 bridgehead atoms. The Bertz CT molecular complexity index is 745. The van der Waals surface area contributed by atoms with Crippen molar-refractivity contribution in [3.8, 4) is 5.88 Å². The van der Waals surface area contributed by atoms with Crippen LogP contribution in [0.25, 0.3) is 0 Å². The molecular formula is C18H19F3N4O2. The summed E-state index contributed by atoms with van der Waals surface area (Å²) in [6, 6.07) is 3.88. The van der Waals surface area contributed by atoms with Crippen molar-refractivity contribution in [3.05, 3.63) is 48.4 Å². The van der Waals surface area contributed by atoms with Crippen LogP contribution in [0.1, 0.15) is 31.2 Å². The van der Waals surface area contributed by atoms with E-state index >= 15 is 0 Å². The van der Waals surface area contributed by atoms with Gasteiger partial charge in [-0.1, -0.05) is 0 Å². The van der Waals surface area contributed by atoms with Gasteiger partial charge in [0.25, 0.3) is 0 Å². The minimum Gasteiger partial charge on any atom is -0.473 e. The molecule has 0 unspecified atom stereocenters. The molecule has 0 spiro atoms. The summed E-state index contributed by atoms with van der Waals surface area (Å²) in [5.74, 6) is 0.481. The van der Waals surface area contributed by atoms with E-state index in [2.05, 4.69) is 20.6 Å². The zero-order valence-electron chi connectivity index (χ0n) is 14.4. The number of nitrogens with one attached hydrogen (secondary N) is 2. The van der Waals surface area contributed by atoms with E-state index in [1.807, 2.05) is 0 Å². The predicted molar refractivity (Wildman–Crippen MR) is 92.3 cm³/mol. The lowest BCUT2D eigenvalue weighted by Crippen LogP contribution is -2.41. The van der Waals surface area contributed by atoms with Crippen LogP contribution in [0.5, 0.6) is 5.88 Å². The first-order valence-electron chi connectivity index (χ1n) is 8.57. The fourth-order valence-electron chi connectivity index (χ4n) is 2.94. The van der Waals surface area contributed by atoms with E-state index in [9.17, 15) is 18.0 Å². The van der Waals surface area contributed by atoms with E-state index in [1.165, 1.54) is 12.1 Å². The summed E-state index contributed by atoms with van der Waals surface area (Å²) < 4.78 is 43.4. The molecule has 144 valence electrons. The molecule has 0 saturated heterocycles. The molecule has 1 heterocycles. The van der Waals surface area contributed by atoms with E-state index < -0.39 is 17.8 Å². The lowest BCUT2D eigenvalue weighted by molar-refractivity contribution is -0.137. The molecular weight excluding hydrogens is 361 g/mol. The van der Waals surface area contributed by atoms with Gasteiger partial charge in [-0.3, -0.25) is 4.98 Å². The van der Waals surface area contributed by atoms with Gasteiger partial charge in [0.05, 0.1) is 11.8 Å². The summed E-state index contributed by atoms with van der Waals surface area (Å²) in [5, 5.41) is 5.39. The zero-order chi connectivity index (χ0) is 19.3. The van der Waals surface area contributed by atoms with Crippen molar-refractivity contribution >= 4 is 11.7 Å². The second-order valence-electron chi connectivity index (χ2n) is 6.31. The van der Waals surface area contributed by atoms with Crippen LogP contribution in [0, 0.1) is 0 Å². The van der Waals surface area contributed by atoms with Gasteiger partial charge >= 0.3 is 12.2 Å². The third-order valence-corrected chi connectivity index (χ3v) is 4.31. The first-order valence-corrected chi connectivity index (χ1v) is 8.57. The Kier molecular flexibility index (Phi) is 5.78. The van der Waals surface area contributed by atoms with Crippen molar-refractivity contribution in [2.45, 2.75) is 44.0 Å². The minimum atomic E-state index is -4.40. The molecule has 2 N–H and O–H groups in total. The van der Waals surface area contributed by atoms with Crippen LogP contribution in [0.3, 0.4) is 0 Å². The summed E-state index contributed by atoms with van der Waals surface area (Å²) >= 11 is 0. The largest absolute Gasteiger partial charge is 0.473 e. The molecule has 1 aromatic heterocycles. The van der Waals surface area contributed by atoms with Gasteiger partial charge in [-0.15, -0.1) is 0 Å².